The minimum atomic E-state index is -0.273. The molecule has 1 aromatic heterocycles. The number of carbonyl (C=O) groups excluding carboxylic acids is 1. The lowest BCUT2D eigenvalue weighted by molar-refractivity contribution is -0.116. The fraction of sp³-hybridized carbons (Fsp3) is 0.333. The Morgan fingerprint density at radius 1 is 1.41 bits per heavy atom. The van der Waals surface area contributed by atoms with E-state index in [2.05, 4.69) is 21.2 Å². The number of fused-ring (bicyclic) bond motifs is 1. The summed E-state index contributed by atoms with van der Waals surface area (Å²) in [5.74, 6) is 0.220. The molecule has 0 saturated carbocycles. The molecule has 0 aliphatic carbocycles. The summed E-state index contributed by atoms with van der Waals surface area (Å²) < 4.78 is 0. The van der Waals surface area contributed by atoms with Crippen molar-refractivity contribution >= 4 is 23.4 Å². The van der Waals surface area contributed by atoms with Crippen LogP contribution in [0.5, 0.6) is 0 Å². The maximum absolute atomic E-state index is 12.5. The zero-order valence-electron chi connectivity index (χ0n) is 12.4. The van der Waals surface area contributed by atoms with Crippen molar-refractivity contribution in [2.45, 2.75) is 31.5 Å². The third kappa shape index (κ3) is 2.76. The van der Waals surface area contributed by atoms with Crippen molar-refractivity contribution in [2.24, 2.45) is 0 Å². The number of rotatable bonds is 3. The van der Waals surface area contributed by atoms with E-state index in [1.165, 1.54) is 17.3 Å². The minimum absolute atomic E-state index is 0.00525. The summed E-state index contributed by atoms with van der Waals surface area (Å²) >= 11 is 1.19. The largest absolute Gasteiger partial charge is 0.308 e. The van der Waals surface area contributed by atoms with Crippen LogP contribution in [0, 0.1) is 6.92 Å². The molecule has 6 nitrogen and oxygen atoms in total. The van der Waals surface area contributed by atoms with Crippen molar-refractivity contribution < 1.29 is 4.79 Å². The topological polar surface area (TPSA) is 79.0 Å². The van der Waals surface area contributed by atoms with Gasteiger partial charge in [-0.2, -0.15) is 0 Å². The summed E-state index contributed by atoms with van der Waals surface area (Å²) in [5, 5.41) is 8.02. The van der Waals surface area contributed by atoms with Gasteiger partial charge in [0, 0.05) is 11.7 Å². The van der Waals surface area contributed by atoms with Gasteiger partial charge in [0.15, 0.2) is 5.16 Å². The number of carbonyl (C=O) groups is 1. The number of aromatic amines is 1. The molecule has 1 aromatic carbocycles. The number of hydrogen-bond acceptors (Lipinski definition) is 5. The summed E-state index contributed by atoms with van der Waals surface area (Å²) in [7, 11) is 0. The molecule has 0 spiro atoms. The molecule has 0 fully saturated rings. The molecule has 0 saturated heterocycles. The molecular weight excluding hydrogens is 300 g/mol. The average Bonchev–Trinajstić information content (AvgIpc) is 2.84. The Morgan fingerprint density at radius 3 is 2.95 bits per heavy atom. The van der Waals surface area contributed by atoms with Crippen LogP contribution in [0.25, 0.3) is 0 Å². The lowest BCUT2D eigenvalue weighted by Gasteiger charge is -2.22. The fourth-order valence-corrected chi connectivity index (χ4v) is 3.25. The van der Waals surface area contributed by atoms with Crippen molar-refractivity contribution in [1.82, 2.24) is 15.2 Å². The molecule has 0 unspecified atom stereocenters. The van der Waals surface area contributed by atoms with Crippen LogP contribution in [-0.4, -0.2) is 32.9 Å². The van der Waals surface area contributed by atoms with Gasteiger partial charge in [0.1, 0.15) is 5.69 Å². The van der Waals surface area contributed by atoms with Crippen LogP contribution in [0.2, 0.25) is 0 Å². The molecule has 0 bridgehead atoms. The number of benzene rings is 1. The van der Waals surface area contributed by atoms with Crippen LogP contribution in [0.15, 0.2) is 34.2 Å². The average molecular weight is 316 g/mol. The highest BCUT2D eigenvalue weighted by Gasteiger charge is 2.30. The molecule has 7 heteroatoms. The van der Waals surface area contributed by atoms with Crippen molar-refractivity contribution in [1.29, 1.82) is 0 Å². The maximum Gasteiger partial charge on any atom is 0.273 e. The molecule has 1 aliphatic heterocycles. The molecule has 1 N–H and O–H groups in total. The summed E-state index contributed by atoms with van der Waals surface area (Å²) in [5.41, 5.74) is 2.21. The van der Waals surface area contributed by atoms with Gasteiger partial charge in [-0.25, -0.2) is 0 Å². The molecular formula is C15H16N4O2S. The van der Waals surface area contributed by atoms with Gasteiger partial charge in [-0.15, -0.1) is 10.2 Å². The smallest absolute Gasteiger partial charge is 0.273 e. The van der Waals surface area contributed by atoms with E-state index in [1.807, 2.05) is 30.0 Å². The Kier molecular flexibility index (Phi) is 3.98. The van der Waals surface area contributed by atoms with Crippen LogP contribution >= 0.6 is 11.8 Å². The Balaban J connectivity index is 1.72. The second-order valence-electron chi connectivity index (χ2n) is 5.28. The number of aryl methyl sites for hydroxylation is 1. The van der Waals surface area contributed by atoms with Gasteiger partial charge >= 0.3 is 0 Å². The van der Waals surface area contributed by atoms with E-state index < -0.39 is 0 Å². The zero-order chi connectivity index (χ0) is 15.7. The number of nitrogens with zero attached hydrogens (tertiary/aromatic N) is 3. The molecule has 2 aromatic rings. The SMILES string of the molecule is Cc1nnc(SCC(=O)N2c3ccccc3C[C@H]2C)[nH]c1=O. The summed E-state index contributed by atoms with van der Waals surface area (Å²) in [4.78, 5) is 28.4. The Morgan fingerprint density at radius 2 is 2.18 bits per heavy atom. The number of H-pyrrole nitrogens is 1. The van der Waals surface area contributed by atoms with E-state index in [0.29, 0.717) is 10.9 Å². The highest BCUT2D eigenvalue weighted by Crippen LogP contribution is 2.32. The van der Waals surface area contributed by atoms with Crippen LogP contribution in [0.3, 0.4) is 0 Å². The monoisotopic (exact) mass is 316 g/mol. The predicted molar refractivity (Wildman–Crippen MR) is 85.2 cm³/mol. The van der Waals surface area contributed by atoms with E-state index in [-0.39, 0.29) is 23.3 Å². The number of aromatic nitrogens is 3. The van der Waals surface area contributed by atoms with Crippen molar-refractivity contribution in [3.8, 4) is 0 Å². The first-order valence-electron chi connectivity index (χ1n) is 7.02. The lowest BCUT2D eigenvalue weighted by Crippen LogP contribution is -2.37. The summed E-state index contributed by atoms with van der Waals surface area (Å²) in [6.07, 6.45) is 0.869. The molecule has 3 rings (SSSR count). The van der Waals surface area contributed by atoms with Gasteiger partial charge in [-0.3, -0.25) is 14.6 Å². The molecule has 22 heavy (non-hydrogen) atoms. The number of amides is 1. The molecule has 1 aliphatic rings. The first-order chi connectivity index (χ1) is 10.6. The Labute approximate surface area is 132 Å². The Bertz CT molecular complexity index is 774. The third-order valence-electron chi connectivity index (χ3n) is 3.65. The van der Waals surface area contributed by atoms with E-state index in [0.717, 1.165) is 12.1 Å². The molecule has 0 radical (unpaired) electrons. The quantitative estimate of drug-likeness (QED) is 0.869. The molecule has 1 atom stereocenters. The van der Waals surface area contributed by atoms with Crippen molar-refractivity contribution in [2.75, 3.05) is 10.7 Å². The van der Waals surface area contributed by atoms with Crippen LogP contribution in [0.1, 0.15) is 18.2 Å². The van der Waals surface area contributed by atoms with Crippen LogP contribution in [-0.2, 0) is 11.2 Å². The number of para-hydroxylation sites is 1. The molecule has 1 amide bonds. The van der Waals surface area contributed by atoms with Gasteiger partial charge < -0.3 is 4.90 Å². The number of hydrogen-bond donors (Lipinski definition) is 1. The number of thioether (sulfide) groups is 1. The molecule has 2 heterocycles. The second-order valence-corrected chi connectivity index (χ2v) is 6.24. The Hall–Kier alpha value is -2.15. The van der Waals surface area contributed by atoms with E-state index >= 15 is 0 Å². The van der Waals surface area contributed by atoms with Gasteiger partial charge in [0.2, 0.25) is 5.91 Å². The maximum atomic E-state index is 12.5. The van der Waals surface area contributed by atoms with Crippen LogP contribution < -0.4 is 10.5 Å². The summed E-state index contributed by atoms with van der Waals surface area (Å²) in [6, 6.07) is 8.09. The van der Waals surface area contributed by atoms with Crippen molar-refractivity contribution in [3.63, 3.8) is 0 Å². The highest BCUT2D eigenvalue weighted by molar-refractivity contribution is 7.99. The second kappa shape index (κ2) is 5.92. The lowest BCUT2D eigenvalue weighted by atomic mass is 10.1. The van der Waals surface area contributed by atoms with Crippen LogP contribution in [0.4, 0.5) is 5.69 Å². The van der Waals surface area contributed by atoms with E-state index in [1.54, 1.807) is 6.92 Å². The van der Waals surface area contributed by atoms with Crippen molar-refractivity contribution in [3.05, 3.63) is 45.9 Å². The number of anilines is 1. The highest BCUT2D eigenvalue weighted by atomic mass is 32.2. The zero-order valence-corrected chi connectivity index (χ0v) is 13.2. The first-order valence-corrected chi connectivity index (χ1v) is 8.01. The van der Waals surface area contributed by atoms with Gasteiger partial charge in [-0.1, -0.05) is 30.0 Å². The van der Waals surface area contributed by atoms with Gasteiger partial charge in [-0.05, 0) is 31.9 Å². The summed E-state index contributed by atoms with van der Waals surface area (Å²) in [6.45, 7) is 3.63. The normalized spacial score (nSPS) is 16.6. The van der Waals surface area contributed by atoms with Gasteiger partial charge in [0.05, 0.1) is 5.75 Å². The minimum Gasteiger partial charge on any atom is -0.308 e. The van der Waals surface area contributed by atoms with Gasteiger partial charge in [0.25, 0.3) is 5.56 Å². The third-order valence-corrected chi connectivity index (χ3v) is 4.50. The molecule has 114 valence electrons. The predicted octanol–water partition coefficient (Wildman–Crippen LogP) is 1.54. The standard InChI is InChI=1S/C15H16N4O2S/c1-9-7-11-5-3-4-6-12(11)19(9)13(20)8-22-15-16-14(21)10(2)17-18-15/h3-6,9H,7-8H2,1-2H3,(H,16,18,21)/t9-/m1/s1. The van der Waals surface area contributed by atoms with E-state index in [9.17, 15) is 9.59 Å². The first kappa shape index (κ1) is 14.8. The number of nitrogens with one attached hydrogen (secondary N) is 1. The van der Waals surface area contributed by atoms with E-state index in [4.69, 9.17) is 0 Å². The fourth-order valence-electron chi connectivity index (χ4n) is 2.59.